The minimum absolute atomic E-state index is 0.0219. The Morgan fingerprint density at radius 3 is 1.82 bits per heavy atom. The lowest BCUT2D eigenvalue weighted by atomic mass is 9.73. The van der Waals surface area contributed by atoms with Crippen LogP contribution in [0, 0.1) is 29.1 Å². The highest BCUT2D eigenvalue weighted by atomic mass is 16.7. The molecule has 3 aliphatic heterocycles. The number of esters is 3. The molecule has 0 spiro atoms. The summed E-state index contributed by atoms with van der Waals surface area (Å²) < 4.78 is 48.0. The average molecular weight is 804 g/mol. The van der Waals surface area contributed by atoms with Crippen molar-refractivity contribution in [3.63, 3.8) is 0 Å². The van der Waals surface area contributed by atoms with E-state index in [2.05, 4.69) is 24.4 Å². The Kier molecular flexibility index (Phi) is 17.1. The van der Waals surface area contributed by atoms with Gasteiger partial charge in [0.25, 0.3) is 0 Å². The number of ether oxygens (including phenoxy) is 8. The van der Waals surface area contributed by atoms with Gasteiger partial charge in [-0.2, -0.15) is 0 Å². The number of carbonyl (C=O) groups excluding carboxylic acids is 5. The van der Waals surface area contributed by atoms with Crippen LogP contribution in [-0.4, -0.2) is 105 Å². The highest BCUT2D eigenvalue weighted by Gasteiger charge is 2.49. The van der Waals surface area contributed by atoms with Crippen molar-refractivity contribution in [3.8, 4) is 0 Å². The van der Waals surface area contributed by atoms with Gasteiger partial charge in [-0.25, -0.2) is 0 Å². The standard InChI is InChI=1S/C43H65NO13/c1-11-43(10,20-24(2)32-15-13-12-14-16-32)36(48)17-18-44-37(49)19-33-38(53-29(7)45)27(5)34(22-50-33)56-42-40(55-31(9)47)28(6)35(23-52-42)57-41-39(54-30(8)46)26(4)25(3)21-51-41/h12-16,24-28,33-35,38-42H,11,17-23H2,1-10H3,(H,44,49). The fourth-order valence-electron chi connectivity index (χ4n) is 8.04. The highest BCUT2D eigenvalue weighted by Crippen LogP contribution is 2.38. The summed E-state index contributed by atoms with van der Waals surface area (Å²) in [5.41, 5.74) is 0.653. The largest absolute Gasteiger partial charge is 0.459 e. The van der Waals surface area contributed by atoms with E-state index in [0.29, 0.717) is 19.4 Å². The molecule has 14 heteroatoms. The second-order valence-electron chi connectivity index (χ2n) is 16.6. The Hall–Kier alpha value is -3.43. The number of benzene rings is 1. The van der Waals surface area contributed by atoms with Crippen molar-refractivity contribution in [3.05, 3.63) is 35.9 Å². The first-order chi connectivity index (χ1) is 26.9. The minimum atomic E-state index is -1.02. The van der Waals surface area contributed by atoms with Crippen LogP contribution in [0.2, 0.25) is 0 Å². The lowest BCUT2D eigenvalue weighted by Gasteiger charge is -2.46. The van der Waals surface area contributed by atoms with Gasteiger partial charge in [-0.1, -0.05) is 78.8 Å². The van der Waals surface area contributed by atoms with Crippen molar-refractivity contribution in [2.75, 3.05) is 26.4 Å². The molecule has 1 N–H and O–H groups in total. The van der Waals surface area contributed by atoms with E-state index in [1.807, 2.05) is 59.7 Å². The van der Waals surface area contributed by atoms with Crippen molar-refractivity contribution in [1.29, 1.82) is 0 Å². The van der Waals surface area contributed by atoms with Crippen LogP contribution in [0.3, 0.4) is 0 Å². The zero-order valence-electron chi connectivity index (χ0n) is 35.4. The maximum Gasteiger partial charge on any atom is 0.303 e. The van der Waals surface area contributed by atoms with E-state index >= 15 is 0 Å². The summed E-state index contributed by atoms with van der Waals surface area (Å²) in [6, 6.07) is 10.1. The maximum atomic E-state index is 13.4. The second-order valence-corrected chi connectivity index (χ2v) is 16.6. The smallest absolute Gasteiger partial charge is 0.303 e. The number of ketones is 1. The molecular formula is C43H65NO13. The van der Waals surface area contributed by atoms with Gasteiger partial charge in [0.05, 0.1) is 38.4 Å². The first kappa shape index (κ1) is 46.3. The Bertz CT molecular complexity index is 1510. The first-order valence-electron chi connectivity index (χ1n) is 20.5. The predicted molar refractivity (Wildman–Crippen MR) is 207 cm³/mol. The fraction of sp³-hybridized carbons (Fsp3) is 0.744. The van der Waals surface area contributed by atoms with Crippen LogP contribution in [0.1, 0.15) is 106 Å². The molecule has 0 saturated carbocycles. The third-order valence-electron chi connectivity index (χ3n) is 12.1. The summed E-state index contributed by atoms with van der Waals surface area (Å²) >= 11 is 0. The van der Waals surface area contributed by atoms with Gasteiger partial charge >= 0.3 is 17.9 Å². The van der Waals surface area contributed by atoms with E-state index < -0.39 is 84.4 Å². The van der Waals surface area contributed by atoms with Gasteiger partial charge in [0.2, 0.25) is 5.91 Å². The number of carbonyl (C=O) groups is 5. The van der Waals surface area contributed by atoms with Crippen LogP contribution >= 0.6 is 0 Å². The van der Waals surface area contributed by atoms with Gasteiger partial charge in [-0.3, -0.25) is 24.0 Å². The van der Waals surface area contributed by atoms with Gasteiger partial charge in [-0.15, -0.1) is 0 Å². The Labute approximate surface area is 337 Å². The number of hydrogen-bond donors (Lipinski definition) is 1. The van der Waals surface area contributed by atoms with Gasteiger partial charge in [0, 0.05) is 56.9 Å². The summed E-state index contributed by atoms with van der Waals surface area (Å²) in [7, 11) is 0. The third kappa shape index (κ3) is 12.5. The van der Waals surface area contributed by atoms with Crippen molar-refractivity contribution in [2.24, 2.45) is 29.1 Å². The second kappa shape index (κ2) is 21.0. The van der Waals surface area contributed by atoms with Crippen LogP contribution in [0.4, 0.5) is 0 Å². The highest BCUT2D eigenvalue weighted by molar-refractivity contribution is 5.85. The summed E-state index contributed by atoms with van der Waals surface area (Å²) in [5, 5.41) is 2.86. The molecule has 14 atom stereocenters. The first-order valence-corrected chi connectivity index (χ1v) is 20.5. The topological polar surface area (TPSA) is 171 Å². The van der Waals surface area contributed by atoms with Crippen LogP contribution in [0.5, 0.6) is 0 Å². The molecule has 0 radical (unpaired) electrons. The number of Topliss-reactive ketones (excluding diaryl/α,β-unsaturated/α-hetero) is 1. The van der Waals surface area contributed by atoms with E-state index in [4.69, 9.17) is 37.9 Å². The van der Waals surface area contributed by atoms with Gasteiger partial charge in [0.1, 0.15) is 18.0 Å². The molecule has 1 aromatic rings. The summed E-state index contributed by atoms with van der Waals surface area (Å²) in [5.74, 6) is -2.33. The molecule has 4 rings (SSSR count). The fourth-order valence-corrected chi connectivity index (χ4v) is 8.04. The molecule has 0 aliphatic carbocycles. The van der Waals surface area contributed by atoms with Crippen molar-refractivity contribution >= 4 is 29.6 Å². The third-order valence-corrected chi connectivity index (χ3v) is 12.1. The van der Waals surface area contributed by atoms with Crippen molar-refractivity contribution < 1.29 is 61.9 Å². The number of rotatable bonds is 17. The van der Waals surface area contributed by atoms with E-state index in [9.17, 15) is 24.0 Å². The minimum Gasteiger partial charge on any atom is -0.459 e. The molecule has 0 bridgehead atoms. The molecule has 3 fully saturated rings. The van der Waals surface area contributed by atoms with Crippen LogP contribution in [0.25, 0.3) is 0 Å². The molecule has 14 nitrogen and oxygen atoms in total. The molecule has 57 heavy (non-hydrogen) atoms. The zero-order valence-corrected chi connectivity index (χ0v) is 35.4. The van der Waals surface area contributed by atoms with Gasteiger partial charge in [0.15, 0.2) is 24.8 Å². The molecule has 3 heterocycles. The number of hydrogen-bond acceptors (Lipinski definition) is 13. The quantitative estimate of drug-likeness (QED) is 0.160. The lowest BCUT2D eigenvalue weighted by molar-refractivity contribution is -0.326. The molecule has 0 aromatic heterocycles. The summed E-state index contributed by atoms with van der Waals surface area (Å²) in [4.78, 5) is 63.1. The Morgan fingerprint density at radius 1 is 0.754 bits per heavy atom. The van der Waals surface area contributed by atoms with Crippen LogP contribution in [-0.2, 0) is 61.9 Å². The predicted octanol–water partition coefficient (Wildman–Crippen LogP) is 5.28. The molecular weight excluding hydrogens is 738 g/mol. The van der Waals surface area contributed by atoms with Crippen molar-refractivity contribution in [2.45, 2.75) is 150 Å². The van der Waals surface area contributed by atoms with Crippen molar-refractivity contribution in [1.82, 2.24) is 5.32 Å². The summed E-state index contributed by atoms with van der Waals surface area (Å²) in [6.45, 7) is 18.4. The van der Waals surface area contributed by atoms with Crippen LogP contribution in [0.15, 0.2) is 30.3 Å². The molecule has 1 amide bonds. The maximum absolute atomic E-state index is 13.4. The summed E-state index contributed by atoms with van der Waals surface area (Å²) in [6.07, 6.45) is -4.78. The molecule has 320 valence electrons. The van der Waals surface area contributed by atoms with Gasteiger partial charge < -0.3 is 43.2 Å². The van der Waals surface area contributed by atoms with E-state index in [1.165, 1.54) is 26.3 Å². The SMILES string of the molecule is CCC(C)(CC(C)c1ccccc1)C(=O)CCNC(=O)CC1OCC(OC2OCC(OC3OCC(C)C(C)C3OC(C)=O)C(C)C2OC(C)=O)C(C)C1OC(C)=O. The normalized spacial score (nSPS) is 33.2. The Morgan fingerprint density at radius 2 is 1.26 bits per heavy atom. The average Bonchev–Trinajstić information content (AvgIpc) is 3.16. The van der Waals surface area contributed by atoms with E-state index in [1.54, 1.807) is 0 Å². The Balaban J connectivity index is 1.34. The monoisotopic (exact) mass is 803 g/mol. The van der Waals surface area contributed by atoms with E-state index in [-0.39, 0.29) is 62.0 Å². The number of amides is 1. The number of nitrogens with one attached hydrogen (secondary N) is 1. The molecule has 14 unspecified atom stereocenters. The molecule has 1 aromatic carbocycles. The zero-order chi connectivity index (χ0) is 42.0. The molecule has 3 aliphatic rings. The van der Waals surface area contributed by atoms with E-state index in [0.717, 1.165) is 0 Å². The van der Waals surface area contributed by atoms with Gasteiger partial charge in [-0.05, 0) is 30.2 Å². The molecule has 3 saturated heterocycles. The van der Waals surface area contributed by atoms with Crippen LogP contribution < -0.4 is 5.32 Å². The lowest BCUT2D eigenvalue weighted by Crippen LogP contribution is -2.58.